The maximum atomic E-state index is 12.6. The zero-order chi connectivity index (χ0) is 14.5. The Morgan fingerprint density at radius 3 is 2.45 bits per heavy atom. The molecule has 0 amide bonds. The average Bonchev–Trinajstić information content (AvgIpc) is 2.71. The van der Waals surface area contributed by atoms with Gasteiger partial charge in [0, 0.05) is 15.8 Å². The quantitative estimate of drug-likeness (QED) is 0.821. The van der Waals surface area contributed by atoms with E-state index in [2.05, 4.69) is 47.2 Å². The van der Waals surface area contributed by atoms with Crippen molar-refractivity contribution in [1.82, 2.24) is 0 Å². The van der Waals surface area contributed by atoms with Gasteiger partial charge in [-0.05, 0) is 42.5 Å². The number of hydrazone groups is 1. The number of fused-ring (bicyclic) bond motifs is 2. The van der Waals surface area contributed by atoms with E-state index in [9.17, 15) is 4.79 Å². The van der Waals surface area contributed by atoms with E-state index >= 15 is 0 Å². The number of ketones is 1. The number of carbonyl (C=O) groups excluding carboxylic acids is 1. The van der Waals surface area contributed by atoms with Crippen molar-refractivity contribution in [1.29, 1.82) is 0 Å². The second-order valence-electron chi connectivity index (χ2n) is 6.59. The second kappa shape index (κ2) is 4.42. The van der Waals surface area contributed by atoms with Crippen LogP contribution < -0.4 is 5.43 Å². The van der Waals surface area contributed by atoms with Crippen LogP contribution in [0.2, 0.25) is 0 Å². The molecule has 0 saturated heterocycles. The first-order valence-electron chi connectivity index (χ1n) is 7.00. The molecule has 0 spiro atoms. The van der Waals surface area contributed by atoms with Gasteiger partial charge in [-0.15, -0.1) is 0 Å². The van der Waals surface area contributed by atoms with Crippen LogP contribution in [0.3, 0.4) is 0 Å². The molecule has 4 heteroatoms. The first-order chi connectivity index (χ1) is 9.36. The molecule has 1 aromatic carbocycles. The lowest BCUT2D eigenvalue weighted by atomic mass is 9.70. The van der Waals surface area contributed by atoms with Crippen molar-refractivity contribution in [3.05, 3.63) is 28.7 Å². The Balaban J connectivity index is 1.87. The van der Waals surface area contributed by atoms with Crippen molar-refractivity contribution in [3.63, 3.8) is 0 Å². The number of Topliss-reactive ketones (excluding diaryl/α,β-unsaturated/α-hetero) is 1. The number of halogens is 1. The number of hydrogen-bond donors (Lipinski definition) is 1. The maximum absolute atomic E-state index is 12.6. The molecule has 2 saturated carbocycles. The molecule has 2 bridgehead atoms. The second-order valence-corrected chi connectivity index (χ2v) is 7.51. The summed E-state index contributed by atoms with van der Waals surface area (Å²) in [6, 6.07) is 7.80. The molecule has 106 valence electrons. The Morgan fingerprint density at radius 2 is 1.90 bits per heavy atom. The van der Waals surface area contributed by atoms with E-state index < -0.39 is 0 Å². The third-order valence-electron chi connectivity index (χ3n) is 5.44. The highest BCUT2D eigenvalue weighted by Gasteiger charge is 2.65. The summed E-state index contributed by atoms with van der Waals surface area (Å²) in [4.78, 5) is 12.6. The Morgan fingerprint density at radius 1 is 1.25 bits per heavy atom. The molecular formula is C16H19BrN2O. The molecule has 1 aromatic rings. The molecule has 3 rings (SSSR count). The zero-order valence-corrected chi connectivity index (χ0v) is 13.6. The van der Waals surface area contributed by atoms with Gasteiger partial charge in [-0.3, -0.25) is 10.2 Å². The lowest BCUT2D eigenvalue weighted by Crippen LogP contribution is -2.33. The Labute approximate surface area is 128 Å². The fourth-order valence-corrected chi connectivity index (χ4v) is 3.87. The summed E-state index contributed by atoms with van der Waals surface area (Å²) in [7, 11) is 0. The fourth-order valence-electron chi connectivity index (χ4n) is 3.60. The highest BCUT2D eigenvalue weighted by atomic mass is 79.9. The van der Waals surface area contributed by atoms with Crippen LogP contribution in [0.5, 0.6) is 0 Å². The number of nitrogens with one attached hydrogen (secondary N) is 1. The van der Waals surface area contributed by atoms with Crippen LogP contribution in [-0.2, 0) is 4.79 Å². The number of anilines is 1. The molecule has 2 aliphatic rings. The summed E-state index contributed by atoms with van der Waals surface area (Å²) >= 11 is 3.40. The van der Waals surface area contributed by atoms with Gasteiger partial charge < -0.3 is 0 Å². The molecule has 2 unspecified atom stereocenters. The Hall–Kier alpha value is -1.16. The molecule has 3 nitrogen and oxygen atoms in total. The van der Waals surface area contributed by atoms with Crippen LogP contribution in [0.1, 0.15) is 33.6 Å². The summed E-state index contributed by atoms with van der Waals surface area (Å²) in [5.74, 6) is 0.506. The summed E-state index contributed by atoms with van der Waals surface area (Å²) < 4.78 is 1.03. The topological polar surface area (TPSA) is 41.5 Å². The summed E-state index contributed by atoms with van der Waals surface area (Å²) in [6.45, 7) is 6.49. The lowest BCUT2D eigenvalue weighted by Gasteiger charge is -2.31. The summed E-state index contributed by atoms with van der Waals surface area (Å²) in [5, 5.41) is 4.43. The van der Waals surface area contributed by atoms with E-state index in [1.165, 1.54) is 0 Å². The third kappa shape index (κ3) is 1.77. The van der Waals surface area contributed by atoms with E-state index in [1.54, 1.807) is 0 Å². The standard InChI is InChI=1S/C16H19BrN2O/c1-15(2)12-8-9-16(15,3)14(20)13(12)19-18-11-6-4-10(17)5-7-11/h4-7,12,18H,8-9H2,1-3H3. The van der Waals surface area contributed by atoms with Crippen LogP contribution in [0.4, 0.5) is 5.69 Å². The molecule has 2 fully saturated rings. The molecule has 0 aromatic heterocycles. The van der Waals surface area contributed by atoms with Gasteiger partial charge in [-0.2, -0.15) is 5.10 Å². The minimum absolute atomic E-state index is 0.0182. The molecule has 20 heavy (non-hydrogen) atoms. The number of benzene rings is 1. The van der Waals surface area contributed by atoms with Crippen LogP contribution in [-0.4, -0.2) is 11.5 Å². The van der Waals surface area contributed by atoms with Gasteiger partial charge in [-0.25, -0.2) is 0 Å². The fraction of sp³-hybridized carbons (Fsp3) is 0.500. The number of rotatable bonds is 2. The van der Waals surface area contributed by atoms with Gasteiger partial charge in [0.2, 0.25) is 0 Å². The monoisotopic (exact) mass is 334 g/mol. The smallest absolute Gasteiger partial charge is 0.185 e. The van der Waals surface area contributed by atoms with Crippen LogP contribution in [0.15, 0.2) is 33.8 Å². The predicted octanol–water partition coefficient (Wildman–Crippen LogP) is 4.24. The van der Waals surface area contributed by atoms with Crippen LogP contribution in [0, 0.1) is 16.7 Å². The van der Waals surface area contributed by atoms with Gasteiger partial charge in [0.1, 0.15) is 5.71 Å². The highest BCUT2D eigenvalue weighted by Crippen LogP contribution is 2.62. The van der Waals surface area contributed by atoms with Gasteiger partial charge in [-0.1, -0.05) is 36.7 Å². The van der Waals surface area contributed by atoms with Gasteiger partial charge in [0.25, 0.3) is 0 Å². The normalized spacial score (nSPS) is 32.9. The number of hydrogen-bond acceptors (Lipinski definition) is 3. The minimum Gasteiger partial charge on any atom is -0.292 e. The zero-order valence-electron chi connectivity index (χ0n) is 12.0. The lowest BCUT2D eigenvalue weighted by molar-refractivity contribution is -0.123. The first-order valence-corrected chi connectivity index (χ1v) is 7.79. The summed E-state index contributed by atoms with van der Waals surface area (Å²) in [5.41, 5.74) is 4.44. The van der Waals surface area contributed by atoms with Crippen LogP contribution in [0.25, 0.3) is 0 Å². The molecule has 1 N–H and O–H groups in total. The maximum Gasteiger partial charge on any atom is 0.185 e. The van der Waals surface area contributed by atoms with E-state index in [1.807, 2.05) is 24.3 Å². The van der Waals surface area contributed by atoms with E-state index in [0.29, 0.717) is 0 Å². The van der Waals surface area contributed by atoms with Gasteiger partial charge in [0.15, 0.2) is 5.78 Å². The molecule has 0 aliphatic heterocycles. The Bertz CT molecular complexity index is 591. The number of nitrogens with zero attached hydrogens (tertiary/aromatic N) is 1. The van der Waals surface area contributed by atoms with Gasteiger partial charge >= 0.3 is 0 Å². The molecule has 0 heterocycles. The molecule has 0 radical (unpaired) electrons. The molecule has 2 aliphatic carbocycles. The van der Waals surface area contributed by atoms with Crippen molar-refractivity contribution >= 4 is 33.1 Å². The van der Waals surface area contributed by atoms with Gasteiger partial charge in [0.05, 0.1) is 5.69 Å². The van der Waals surface area contributed by atoms with Crippen molar-refractivity contribution in [2.75, 3.05) is 5.43 Å². The summed E-state index contributed by atoms with van der Waals surface area (Å²) in [6.07, 6.45) is 2.05. The molecular weight excluding hydrogens is 316 g/mol. The average molecular weight is 335 g/mol. The number of carbonyl (C=O) groups is 1. The van der Waals surface area contributed by atoms with E-state index in [4.69, 9.17) is 0 Å². The van der Waals surface area contributed by atoms with Crippen molar-refractivity contribution in [2.24, 2.45) is 21.8 Å². The van der Waals surface area contributed by atoms with Crippen molar-refractivity contribution in [2.45, 2.75) is 33.6 Å². The third-order valence-corrected chi connectivity index (χ3v) is 5.97. The highest BCUT2D eigenvalue weighted by molar-refractivity contribution is 9.10. The SMILES string of the molecule is CC12CCC(C(=NNc3ccc(Br)cc3)C1=O)C2(C)C. The van der Waals surface area contributed by atoms with Crippen molar-refractivity contribution < 1.29 is 4.79 Å². The predicted molar refractivity (Wildman–Crippen MR) is 84.8 cm³/mol. The molecule has 2 atom stereocenters. The van der Waals surface area contributed by atoms with E-state index in [-0.39, 0.29) is 22.5 Å². The Kier molecular flexibility index (Phi) is 3.05. The van der Waals surface area contributed by atoms with E-state index in [0.717, 1.165) is 28.7 Å². The first kappa shape index (κ1) is 13.8. The van der Waals surface area contributed by atoms with Crippen molar-refractivity contribution in [3.8, 4) is 0 Å². The largest absolute Gasteiger partial charge is 0.292 e. The van der Waals surface area contributed by atoms with Crippen LogP contribution >= 0.6 is 15.9 Å². The minimum atomic E-state index is -0.238.